The molecule has 8 nitrogen and oxygen atoms in total. The predicted molar refractivity (Wildman–Crippen MR) is 142 cm³/mol. The summed E-state index contributed by atoms with van der Waals surface area (Å²) in [6, 6.07) is 15.9. The van der Waals surface area contributed by atoms with Crippen LogP contribution in [0.1, 0.15) is 18.1 Å². The third kappa shape index (κ3) is 5.38. The molecule has 4 aromatic rings. The summed E-state index contributed by atoms with van der Waals surface area (Å²) in [6.45, 7) is 5.68. The summed E-state index contributed by atoms with van der Waals surface area (Å²) in [4.78, 5) is 26.4. The van der Waals surface area contributed by atoms with E-state index in [-0.39, 0.29) is 16.9 Å². The number of methoxy groups -OCH3 is 2. The lowest BCUT2D eigenvalue weighted by Gasteiger charge is -2.15. The normalized spacial score (nSPS) is 10.7. The maximum atomic E-state index is 13.6. The van der Waals surface area contributed by atoms with Crippen molar-refractivity contribution in [3.05, 3.63) is 75.9 Å². The van der Waals surface area contributed by atoms with Gasteiger partial charge in [-0.1, -0.05) is 18.2 Å². The van der Waals surface area contributed by atoms with Gasteiger partial charge in [0.15, 0.2) is 23.9 Å². The second kappa shape index (κ2) is 11.1. The van der Waals surface area contributed by atoms with Gasteiger partial charge in [-0.2, -0.15) is 0 Å². The van der Waals surface area contributed by atoms with Crippen molar-refractivity contribution in [2.24, 2.45) is 0 Å². The van der Waals surface area contributed by atoms with Crippen LogP contribution in [0.2, 0.25) is 0 Å². The Kier molecular flexibility index (Phi) is 7.67. The molecule has 0 aliphatic carbocycles. The Balaban J connectivity index is 1.75. The largest absolute Gasteiger partial charge is 0.493 e. The van der Waals surface area contributed by atoms with Crippen molar-refractivity contribution in [3.63, 3.8) is 0 Å². The van der Waals surface area contributed by atoms with Gasteiger partial charge in [0.05, 0.1) is 31.9 Å². The number of para-hydroxylation sites is 2. The first kappa shape index (κ1) is 25.6. The van der Waals surface area contributed by atoms with Crippen LogP contribution in [0.25, 0.3) is 22.3 Å². The van der Waals surface area contributed by atoms with E-state index in [4.69, 9.17) is 23.4 Å². The van der Waals surface area contributed by atoms with E-state index >= 15 is 0 Å². The fourth-order valence-electron chi connectivity index (χ4n) is 4.11. The highest BCUT2D eigenvalue weighted by molar-refractivity contribution is 5.93. The van der Waals surface area contributed by atoms with Crippen LogP contribution in [0.5, 0.6) is 23.0 Å². The number of rotatable bonds is 9. The topological polar surface area (TPSA) is 96.2 Å². The number of carbonyl (C=O) groups excluding carboxylic acids is 1. The fourth-order valence-corrected chi connectivity index (χ4v) is 4.11. The minimum atomic E-state index is -0.453. The van der Waals surface area contributed by atoms with Crippen LogP contribution < -0.4 is 29.7 Å². The summed E-state index contributed by atoms with van der Waals surface area (Å²) < 4.78 is 28.4. The standard InChI is InChI=1S/C29H29NO7/c1-6-35-22-10-8-7-9-21(22)30-25(31)16-36-29-26(32)20-14-17(2)13-18(3)27(20)37-28(29)19-11-12-23(33-4)24(15-19)34-5/h7-15H,6,16H2,1-5H3,(H,30,31). The third-order valence-corrected chi connectivity index (χ3v) is 5.73. The number of fused-ring (bicyclic) bond motifs is 1. The molecule has 0 atom stereocenters. The SMILES string of the molecule is CCOc1ccccc1NC(=O)COc1c(-c2ccc(OC)c(OC)c2)oc2c(C)cc(C)cc2c1=O. The maximum Gasteiger partial charge on any atom is 0.262 e. The number of benzene rings is 3. The first-order chi connectivity index (χ1) is 17.9. The van der Waals surface area contributed by atoms with Gasteiger partial charge in [-0.15, -0.1) is 0 Å². The molecule has 0 saturated carbocycles. The van der Waals surface area contributed by atoms with Crippen molar-refractivity contribution in [2.75, 3.05) is 32.8 Å². The van der Waals surface area contributed by atoms with Crippen molar-refractivity contribution >= 4 is 22.6 Å². The molecular weight excluding hydrogens is 474 g/mol. The van der Waals surface area contributed by atoms with E-state index < -0.39 is 12.5 Å². The number of aryl methyl sites for hydroxylation is 2. The summed E-state index contributed by atoms with van der Waals surface area (Å²) in [5.74, 6) is 1.19. The van der Waals surface area contributed by atoms with Crippen LogP contribution in [0.4, 0.5) is 5.69 Å². The van der Waals surface area contributed by atoms with E-state index in [1.54, 1.807) is 42.5 Å². The molecule has 0 unspecified atom stereocenters. The van der Waals surface area contributed by atoms with Crippen molar-refractivity contribution in [1.82, 2.24) is 0 Å². The van der Waals surface area contributed by atoms with Gasteiger partial charge in [-0.05, 0) is 68.3 Å². The van der Waals surface area contributed by atoms with Gasteiger partial charge in [-0.25, -0.2) is 0 Å². The average molecular weight is 504 g/mol. The van der Waals surface area contributed by atoms with Gasteiger partial charge in [0, 0.05) is 5.56 Å². The number of nitrogens with one attached hydrogen (secondary N) is 1. The van der Waals surface area contributed by atoms with Crippen LogP contribution >= 0.6 is 0 Å². The van der Waals surface area contributed by atoms with Crippen LogP contribution in [-0.4, -0.2) is 33.3 Å². The quantitative estimate of drug-likeness (QED) is 0.322. The Labute approximate surface area is 214 Å². The molecule has 8 heteroatoms. The summed E-state index contributed by atoms with van der Waals surface area (Å²) in [5.41, 5.74) is 2.84. The molecule has 0 radical (unpaired) electrons. The van der Waals surface area contributed by atoms with E-state index in [0.717, 1.165) is 11.1 Å². The minimum absolute atomic E-state index is 0.0713. The van der Waals surface area contributed by atoms with E-state index in [1.165, 1.54) is 14.2 Å². The number of hydrogen-bond acceptors (Lipinski definition) is 7. The Bertz CT molecular complexity index is 1510. The molecule has 1 amide bonds. The first-order valence-corrected chi connectivity index (χ1v) is 11.8. The van der Waals surface area contributed by atoms with Crippen molar-refractivity contribution in [2.45, 2.75) is 20.8 Å². The van der Waals surface area contributed by atoms with Gasteiger partial charge in [-0.3, -0.25) is 9.59 Å². The summed E-state index contributed by atoms with van der Waals surface area (Å²) >= 11 is 0. The molecule has 192 valence electrons. The van der Waals surface area contributed by atoms with E-state index in [9.17, 15) is 9.59 Å². The molecule has 0 spiro atoms. The molecule has 0 aliphatic heterocycles. The van der Waals surface area contributed by atoms with Gasteiger partial charge in [0.25, 0.3) is 5.91 Å². The highest BCUT2D eigenvalue weighted by Crippen LogP contribution is 2.37. The fraction of sp³-hybridized carbons (Fsp3) is 0.241. The highest BCUT2D eigenvalue weighted by atomic mass is 16.5. The molecule has 4 rings (SSSR count). The highest BCUT2D eigenvalue weighted by Gasteiger charge is 2.21. The maximum absolute atomic E-state index is 13.6. The first-order valence-electron chi connectivity index (χ1n) is 11.8. The summed E-state index contributed by atoms with van der Waals surface area (Å²) in [5, 5.41) is 3.15. The van der Waals surface area contributed by atoms with Crippen molar-refractivity contribution < 1.29 is 28.2 Å². The summed E-state index contributed by atoms with van der Waals surface area (Å²) in [7, 11) is 3.06. The number of anilines is 1. The Morgan fingerprint density at radius 3 is 2.41 bits per heavy atom. The summed E-state index contributed by atoms with van der Waals surface area (Å²) in [6.07, 6.45) is 0. The van der Waals surface area contributed by atoms with Gasteiger partial charge in [0.1, 0.15) is 11.3 Å². The molecule has 1 heterocycles. The van der Waals surface area contributed by atoms with Crippen molar-refractivity contribution in [3.8, 4) is 34.3 Å². The Morgan fingerprint density at radius 2 is 1.68 bits per heavy atom. The molecule has 0 bridgehead atoms. The van der Waals surface area contributed by atoms with Crippen molar-refractivity contribution in [1.29, 1.82) is 0 Å². The second-order valence-electron chi connectivity index (χ2n) is 8.38. The van der Waals surface area contributed by atoms with E-state index in [0.29, 0.717) is 46.1 Å². The zero-order chi connectivity index (χ0) is 26.5. The molecule has 1 aromatic heterocycles. The zero-order valence-electron chi connectivity index (χ0n) is 21.5. The Morgan fingerprint density at radius 1 is 0.919 bits per heavy atom. The number of carbonyl (C=O) groups is 1. The van der Waals surface area contributed by atoms with Gasteiger partial charge >= 0.3 is 0 Å². The van der Waals surface area contributed by atoms with Gasteiger partial charge in [0.2, 0.25) is 11.2 Å². The molecule has 37 heavy (non-hydrogen) atoms. The van der Waals surface area contributed by atoms with E-state index in [1.807, 2.05) is 32.9 Å². The molecule has 1 N–H and O–H groups in total. The monoisotopic (exact) mass is 503 g/mol. The molecule has 0 fully saturated rings. The average Bonchev–Trinajstić information content (AvgIpc) is 2.89. The molecule has 3 aromatic carbocycles. The third-order valence-electron chi connectivity index (χ3n) is 5.73. The molecular formula is C29H29NO7. The predicted octanol–water partition coefficient (Wildman–Crippen LogP) is 5.51. The van der Waals surface area contributed by atoms with Crippen LogP contribution in [0.3, 0.4) is 0 Å². The minimum Gasteiger partial charge on any atom is -0.493 e. The van der Waals surface area contributed by atoms with E-state index in [2.05, 4.69) is 5.32 Å². The second-order valence-corrected chi connectivity index (χ2v) is 8.38. The zero-order valence-corrected chi connectivity index (χ0v) is 21.5. The smallest absolute Gasteiger partial charge is 0.262 e. The molecule has 0 saturated heterocycles. The lowest BCUT2D eigenvalue weighted by Crippen LogP contribution is -2.23. The van der Waals surface area contributed by atoms with Crippen LogP contribution in [0, 0.1) is 13.8 Å². The lowest BCUT2D eigenvalue weighted by molar-refractivity contribution is -0.118. The number of hydrogen-bond donors (Lipinski definition) is 1. The Hall–Kier alpha value is -4.46. The number of amides is 1. The van der Waals surface area contributed by atoms with Gasteiger partial charge < -0.3 is 28.7 Å². The van der Waals surface area contributed by atoms with Crippen LogP contribution in [-0.2, 0) is 4.79 Å². The molecule has 0 aliphatic rings. The van der Waals surface area contributed by atoms with Crippen LogP contribution in [0.15, 0.2) is 63.8 Å². The lowest BCUT2D eigenvalue weighted by atomic mass is 10.0. The number of ether oxygens (including phenoxy) is 4.